The lowest BCUT2D eigenvalue weighted by atomic mass is 10.2. The van der Waals surface area contributed by atoms with Crippen LogP contribution in [0, 0.1) is 23.0 Å². The molecule has 0 saturated heterocycles. The minimum atomic E-state index is -1.12. The fourth-order valence-electron chi connectivity index (χ4n) is 1.71. The number of benzene rings is 1. The van der Waals surface area contributed by atoms with Crippen LogP contribution in [0.5, 0.6) is 0 Å². The minimum absolute atomic E-state index is 0.0559. The van der Waals surface area contributed by atoms with Gasteiger partial charge in [0.05, 0.1) is 17.4 Å². The van der Waals surface area contributed by atoms with Gasteiger partial charge in [-0.05, 0) is 24.1 Å². The van der Waals surface area contributed by atoms with Crippen molar-refractivity contribution in [1.82, 2.24) is 9.78 Å². The van der Waals surface area contributed by atoms with Crippen molar-refractivity contribution >= 4 is 5.69 Å². The lowest BCUT2D eigenvalue weighted by Crippen LogP contribution is -2.07. The Hall–Kier alpha value is -2.42. The van der Waals surface area contributed by atoms with Crippen molar-refractivity contribution in [1.29, 1.82) is 5.26 Å². The molecule has 6 heteroatoms. The average Bonchev–Trinajstić information content (AvgIpc) is 2.81. The molecule has 2 aromatic rings. The summed E-state index contributed by atoms with van der Waals surface area (Å²) < 4.78 is 28.6. The first-order valence-electron chi connectivity index (χ1n) is 5.71. The molecule has 0 unspecified atom stereocenters. The Balaban J connectivity index is 2.00. The third-order valence-corrected chi connectivity index (χ3v) is 2.69. The number of aromatic nitrogens is 2. The van der Waals surface area contributed by atoms with Gasteiger partial charge in [-0.25, -0.2) is 8.78 Å². The summed E-state index contributed by atoms with van der Waals surface area (Å²) in [5, 5.41) is 15.4. The summed E-state index contributed by atoms with van der Waals surface area (Å²) in [6, 6.07) is 4.21. The average molecular weight is 262 g/mol. The van der Waals surface area contributed by atoms with E-state index in [2.05, 4.69) is 10.4 Å². The summed E-state index contributed by atoms with van der Waals surface area (Å²) in [4.78, 5) is 0. The molecule has 98 valence electrons. The number of rotatable bonds is 4. The highest BCUT2D eigenvalue weighted by molar-refractivity contribution is 5.49. The number of hydrogen-bond donors (Lipinski definition) is 1. The molecule has 0 aliphatic rings. The van der Waals surface area contributed by atoms with E-state index in [1.807, 2.05) is 13.2 Å². The molecule has 0 spiro atoms. The molecule has 4 nitrogen and oxygen atoms in total. The van der Waals surface area contributed by atoms with Crippen molar-refractivity contribution in [3.05, 3.63) is 47.3 Å². The summed E-state index contributed by atoms with van der Waals surface area (Å²) in [5.41, 5.74) is 0.764. The smallest absolute Gasteiger partial charge is 0.183 e. The van der Waals surface area contributed by atoms with Crippen molar-refractivity contribution in [2.45, 2.75) is 6.42 Å². The van der Waals surface area contributed by atoms with Crippen LogP contribution in [0.3, 0.4) is 0 Å². The van der Waals surface area contributed by atoms with Gasteiger partial charge in [-0.3, -0.25) is 4.68 Å². The van der Waals surface area contributed by atoms with Gasteiger partial charge >= 0.3 is 0 Å². The van der Waals surface area contributed by atoms with E-state index in [4.69, 9.17) is 5.26 Å². The van der Waals surface area contributed by atoms with E-state index in [0.29, 0.717) is 13.0 Å². The predicted molar refractivity (Wildman–Crippen MR) is 66.5 cm³/mol. The van der Waals surface area contributed by atoms with Crippen LogP contribution in [0.1, 0.15) is 11.1 Å². The van der Waals surface area contributed by atoms with Crippen LogP contribution in [-0.2, 0) is 13.5 Å². The fraction of sp³-hybridized carbons (Fsp3) is 0.231. The lowest BCUT2D eigenvalue weighted by Gasteiger charge is -2.07. The summed E-state index contributed by atoms with van der Waals surface area (Å²) in [5.74, 6) is -2.14. The highest BCUT2D eigenvalue weighted by atomic mass is 19.2. The van der Waals surface area contributed by atoms with Crippen molar-refractivity contribution in [2.75, 3.05) is 11.9 Å². The van der Waals surface area contributed by atoms with E-state index in [1.165, 1.54) is 12.1 Å². The zero-order chi connectivity index (χ0) is 13.8. The van der Waals surface area contributed by atoms with Crippen molar-refractivity contribution in [2.24, 2.45) is 7.05 Å². The molecule has 0 bridgehead atoms. The second-order valence-corrected chi connectivity index (χ2v) is 4.10. The van der Waals surface area contributed by atoms with E-state index in [0.717, 1.165) is 5.56 Å². The molecular weight excluding hydrogens is 250 g/mol. The molecule has 0 radical (unpaired) electrons. The summed E-state index contributed by atoms with van der Waals surface area (Å²) >= 11 is 0. The largest absolute Gasteiger partial charge is 0.382 e. The Kier molecular flexibility index (Phi) is 3.76. The molecule has 19 heavy (non-hydrogen) atoms. The van der Waals surface area contributed by atoms with Crippen LogP contribution in [0.4, 0.5) is 14.5 Å². The molecule has 0 aliphatic carbocycles. The zero-order valence-corrected chi connectivity index (χ0v) is 10.3. The third kappa shape index (κ3) is 2.88. The van der Waals surface area contributed by atoms with Crippen LogP contribution < -0.4 is 5.32 Å². The molecule has 0 saturated carbocycles. The Labute approximate surface area is 109 Å². The highest BCUT2D eigenvalue weighted by Gasteiger charge is 2.12. The van der Waals surface area contributed by atoms with E-state index in [-0.39, 0.29) is 11.3 Å². The maximum Gasteiger partial charge on any atom is 0.183 e. The van der Waals surface area contributed by atoms with E-state index in [1.54, 1.807) is 16.9 Å². The second kappa shape index (κ2) is 5.48. The Morgan fingerprint density at radius 1 is 1.37 bits per heavy atom. The quantitative estimate of drug-likeness (QED) is 0.919. The molecule has 2 rings (SSSR count). The minimum Gasteiger partial charge on any atom is -0.382 e. The standard InChI is InChI=1S/C13H12F2N4/c1-19-8-9(7-18-19)4-5-17-11-3-2-10(6-16)12(14)13(11)15/h2-3,7-8,17H,4-5H2,1H3. The Morgan fingerprint density at radius 2 is 2.16 bits per heavy atom. The van der Waals surface area contributed by atoms with Crippen LogP contribution >= 0.6 is 0 Å². The SMILES string of the molecule is Cn1cc(CCNc2ccc(C#N)c(F)c2F)cn1. The molecule has 0 amide bonds. The number of nitriles is 1. The molecule has 1 aromatic carbocycles. The Morgan fingerprint density at radius 3 is 2.79 bits per heavy atom. The number of nitrogens with zero attached hydrogens (tertiary/aromatic N) is 3. The molecule has 1 N–H and O–H groups in total. The maximum atomic E-state index is 13.6. The number of nitrogens with one attached hydrogen (secondary N) is 1. The van der Waals surface area contributed by atoms with Crippen molar-refractivity contribution < 1.29 is 8.78 Å². The van der Waals surface area contributed by atoms with Gasteiger partial charge < -0.3 is 5.32 Å². The molecule has 0 atom stereocenters. The van der Waals surface area contributed by atoms with Gasteiger partial charge in [0.15, 0.2) is 11.6 Å². The summed E-state index contributed by atoms with van der Waals surface area (Å²) in [6.07, 6.45) is 4.23. The normalized spacial score (nSPS) is 10.2. The third-order valence-electron chi connectivity index (χ3n) is 2.69. The first-order valence-corrected chi connectivity index (χ1v) is 5.71. The first kappa shape index (κ1) is 13.0. The maximum absolute atomic E-state index is 13.6. The highest BCUT2D eigenvalue weighted by Crippen LogP contribution is 2.20. The molecule has 0 fully saturated rings. The van der Waals surface area contributed by atoms with E-state index < -0.39 is 11.6 Å². The van der Waals surface area contributed by atoms with Gasteiger partial charge in [0.25, 0.3) is 0 Å². The van der Waals surface area contributed by atoms with Gasteiger partial charge in [0.2, 0.25) is 0 Å². The van der Waals surface area contributed by atoms with Crippen LogP contribution in [0.25, 0.3) is 0 Å². The molecule has 1 aromatic heterocycles. The van der Waals surface area contributed by atoms with E-state index >= 15 is 0 Å². The van der Waals surface area contributed by atoms with Gasteiger partial charge in [-0.1, -0.05) is 0 Å². The number of halogens is 2. The van der Waals surface area contributed by atoms with Crippen LogP contribution in [-0.4, -0.2) is 16.3 Å². The van der Waals surface area contributed by atoms with E-state index in [9.17, 15) is 8.78 Å². The number of aryl methyl sites for hydroxylation is 1. The summed E-state index contributed by atoms with van der Waals surface area (Å²) in [7, 11) is 1.81. The van der Waals surface area contributed by atoms with Gasteiger partial charge in [-0.15, -0.1) is 0 Å². The second-order valence-electron chi connectivity index (χ2n) is 4.10. The predicted octanol–water partition coefficient (Wildman–Crippen LogP) is 2.22. The zero-order valence-electron chi connectivity index (χ0n) is 10.3. The van der Waals surface area contributed by atoms with Gasteiger partial charge in [0, 0.05) is 19.8 Å². The summed E-state index contributed by atoms with van der Waals surface area (Å²) in [6.45, 7) is 0.452. The number of anilines is 1. The van der Waals surface area contributed by atoms with Crippen molar-refractivity contribution in [3.8, 4) is 6.07 Å². The molecule has 1 heterocycles. The van der Waals surface area contributed by atoms with Gasteiger partial charge in [0.1, 0.15) is 6.07 Å². The topological polar surface area (TPSA) is 53.6 Å². The molecular formula is C13H12F2N4. The molecule has 0 aliphatic heterocycles. The first-order chi connectivity index (χ1) is 9.11. The lowest BCUT2D eigenvalue weighted by molar-refractivity contribution is 0.508. The fourth-order valence-corrected chi connectivity index (χ4v) is 1.71. The monoisotopic (exact) mass is 262 g/mol. The Bertz CT molecular complexity index is 628. The van der Waals surface area contributed by atoms with Crippen LogP contribution in [0.2, 0.25) is 0 Å². The van der Waals surface area contributed by atoms with Gasteiger partial charge in [-0.2, -0.15) is 10.4 Å². The number of hydrogen-bond acceptors (Lipinski definition) is 3. The van der Waals surface area contributed by atoms with Crippen molar-refractivity contribution in [3.63, 3.8) is 0 Å². The van der Waals surface area contributed by atoms with Crippen LogP contribution in [0.15, 0.2) is 24.5 Å².